The third kappa shape index (κ3) is 3.36. The number of nitrogens with zero attached hydrogens (tertiary/aromatic N) is 1. The second-order valence-corrected chi connectivity index (χ2v) is 6.46. The molecule has 20 heavy (non-hydrogen) atoms. The van der Waals surface area contributed by atoms with Crippen molar-refractivity contribution in [1.82, 2.24) is 4.98 Å². The first-order valence-electron chi connectivity index (χ1n) is 6.39. The number of hydrogen-bond acceptors (Lipinski definition) is 4. The van der Waals surface area contributed by atoms with E-state index in [0.29, 0.717) is 12.2 Å². The van der Waals surface area contributed by atoms with Gasteiger partial charge < -0.3 is 10.4 Å². The van der Waals surface area contributed by atoms with E-state index < -0.39 is 5.97 Å². The van der Waals surface area contributed by atoms with Gasteiger partial charge in [0.1, 0.15) is 0 Å². The van der Waals surface area contributed by atoms with Crippen molar-refractivity contribution in [2.24, 2.45) is 0 Å². The Kier molecular flexibility index (Phi) is 4.09. The molecule has 0 saturated heterocycles. The molecule has 0 aliphatic carbocycles. The zero-order valence-corrected chi connectivity index (χ0v) is 12.6. The highest BCUT2D eigenvalue weighted by Gasteiger charge is 2.18. The monoisotopic (exact) mass is 290 g/mol. The summed E-state index contributed by atoms with van der Waals surface area (Å²) >= 11 is 1.63. The Morgan fingerprint density at radius 1 is 1.35 bits per heavy atom. The van der Waals surface area contributed by atoms with Crippen LogP contribution in [-0.4, -0.2) is 16.1 Å². The Hall–Kier alpha value is -1.88. The van der Waals surface area contributed by atoms with Crippen molar-refractivity contribution in [2.75, 3.05) is 5.32 Å². The SMILES string of the molecule is CC(C)(C)c1nc(CNc2ccccc2C(=O)O)cs1. The Bertz CT molecular complexity index is 614. The summed E-state index contributed by atoms with van der Waals surface area (Å²) in [5.74, 6) is -0.929. The first kappa shape index (κ1) is 14.5. The molecule has 2 aromatic rings. The molecule has 4 nitrogen and oxygen atoms in total. The maximum atomic E-state index is 11.1. The van der Waals surface area contributed by atoms with E-state index in [1.165, 1.54) is 0 Å². The van der Waals surface area contributed by atoms with Crippen LogP contribution in [0.3, 0.4) is 0 Å². The van der Waals surface area contributed by atoms with Gasteiger partial charge in [-0.15, -0.1) is 11.3 Å². The van der Waals surface area contributed by atoms with Gasteiger partial charge in [-0.3, -0.25) is 0 Å². The first-order chi connectivity index (χ1) is 9.38. The zero-order valence-electron chi connectivity index (χ0n) is 11.8. The molecule has 0 saturated carbocycles. The number of carbonyl (C=O) groups is 1. The van der Waals surface area contributed by atoms with E-state index in [1.54, 1.807) is 29.5 Å². The average Bonchev–Trinajstić information content (AvgIpc) is 2.85. The highest BCUT2D eigenvalue weighted by atomic mass is 32.1. The number of aromatic nitrogens is 1. The van der Waals surface area contributed by atoms with Gasteiger partial charge in [-0.05, 0) is 12.1 Å². The van der Waals surface area contributed by atoms with Crippen LogP contribution in [0.4, 0.5) is 5.69 Å². The maximum Gasteiger partial charge on any atom is 0.337 e. The molecule has 0 aliphatic rings. The van der Waals surface area contributed by atoms with Crippen LogP contribution in [0.1, 0.15) is 41.8 Å². The quantitative estimate of drug-likeness (QED) is 0.900. The summed E-state index contributed by atoms with van der Waals surface area (Å²) in [6, 6.07) is 6.89. The van der Waals surface area contributed by atoms with E-state index >= 15 is 0 Å². The van der Waals surface area contributed by atoms with Gasteiger partial charge in [0.25, 0.3) is 0 Å². The molecule has 0 radical (unpaired) electrons. The van der Waals surface area contributed by atoms with Crippen molar-refractivity contribution >= 4 is 23.0 Å². The van der Waals surface area contributed by atoms with Crippen molar-refractivity contribution < 1.29 is 9.90 Å². The molecular formula is C15H18N2O2S. The minimum Gasteiger partial charge on any atom is -0.478 e. The summed E-state index contributed by atoms with van der Waals surface area (Å²) < 4.78 is 0. The standard InChI is InChI=1S/C15H18N2O2S/c1-15(2,3)14-17-10(9-20-14)8-16-12-7-5-4-6-11(12)13(18)19/h4-7,9,16H,8H2,1-3H3,(H,18,19). The lowest BCUT2D eigenvalue weighted by Crippen LogP contribution is -2.11. The summed E-state index contributed by atoms with van der Waals surface area (Å²) in [5.41, 5.74) is 1.87. The van der Waals surface area contributed by atoms with Crippen molar-refractivity contribution in [1.29, 1.82) is 0 Å². The van der Waals surface area contributed by atoms with Gasteiger partial charge in [0.2, 0.25) is 0 Å². The van der Waals surface area contributed by atoms with Crippen molar-refractivity contribution in [3.63, 3.8) is 0 Å². The zero-order chi connectivity index (χ0) is 14.8. The van der Waals surface area contributed by atoms with E-state index in [4.69, 9.17) is 5.11 Å². The molecule has 1 aromatic carbocycles. The van der Waals surface area contributed by atoms with Gasteiger partial charge in [-0.1, -0.05) is 32.9 Å². The largest absolute Gasteiger partial charge is 0.478 e. The molecule has 0 aliphatic heterocycles. The van der Waals surface area contributed by atoms with E-state index in [2.05, 4.69) is 31.1 Å². The molecular weight excluding hydrogens is 272 g/mol. The molecule has 0 bridgehead atoms. The predicted molar refractivity (Wildman–Crippen MR) is 81.5 cm³/mol. The Morgan fingerprint density at radius 3 is 2.65 bits per heavy atom. The molecule has 5 heteroatoms. The lowest BCUT2D eigenvalue weighted by atomic mass is 9.98. The van der Waals surface area contributed by atoms with Gasteiger partial charge >= 0.3 is 5.97 Å². The number of nitrogens with one attached hydrogen (secondary N) is 1. The second-order valence-electron chi connectivity index (χ2n) is 5.60. The van der Waals surface area contributed by atoms with Crippen molar-refractivity contribution in [2.45, 2.75) is 32.7 Å². The van der Waals surface area contributed by atoms with Crippen LogP contribution in [-0.2, 0) is 12.0 Å². The van der Waals surface area contributed by atoms with Gasteiger partial charge in [-0.2, -0.15) is 0 Å². The van der Waals surface area contributed by atoms with E-state index in [0.717, 1.165) is 10.7 Å². The van der Waals surface area contributed by atoms with Gasteiger partial charge in [0, 0.05) is 16.5 Å². The molecule has 2 N–H and O–H groups in total. The fourth-order valence-corrected chi connectivity index (χ4v) is 2.65. The number of anilines is 1. The van der Waals surface area contributed by atoms with E-state index in [-0.39, 0.29) is 11.0 Å². The van der Waals surface area contributed by atoms with Crippen LogP contribution in [0.2, 0.25) is 0 Å². The molecule has 0 amide bonds. The van der Waals surface area contributed by atoms with Crippen molar-refractivity contribution in [3.8, 4) is 0 Å². The highest BCUT2D eigenvalue weighted by Crippen LogP contribution is 2.26. The van der Waals surface area contributed by atoms with E-state index in [9.17, 15) is 4.79 Å². The van der Waals surface area contributed by atoms with Crippen LogP contribution in [0.5, 0.6) is 0 Å². The Morgan fingerprint density at radius 2 is 2.05 bits per heavy atom. The highest BCUT2D eigenvalue weighted by molar-refractivity contribution is 7.09. The van der Waals surface area contributed by atoms with Gasteiger partial charge in [0.05, 0.1) is 22.8 Å². The number of benzene rings is 1. The van der Waals surface area contributed by atoms with Gasteiger partial charge in [0.15, 0.2) is 0 Å². The minimum atomic E-state index is -0.929. The molecule has 0 unspecified atom stereocenters. The summed E-state index contributed by atoms with van der Waals surface area (Å²) in [5, 5.41) is 15.4. The molecule has 106 valence electrons. The molecule has 0 fully saturated rings. The minimum absolute atomic E-state index is 0.0435. The number of aromatic carboxylic acids is 1. The van der Waals surface area contributed by atoms with Crippen LogP contribution >= 0.6 is 11.3 Å². The van der Waals surface area contributed by atoms with Crippen LogP contribution in [0, 0.1) is 0 Å². The Labute approximate surface area is 122 Å². The molecule has 0 spiro atoms. The summed E-state index contributed by atoms with van der Waals surface area (Å²) in [7, 11) is 0. The van der Waals surface area contributed by atoms with Crippen LogP contribution in [0.25, 0.3) is 0 Å². The molecule has 1 heterocycles. The van der Waals surface area contributed by atoms with Crippen LogP contribution in [0.15, 0.2) is 29.6 Å². The molecule has 2 rings (SSSR count). The number of rotatable bonds is 4. The second kappa shape index (κ2) is 5.63. The van der Waals surface area contributed by atoms with E-state index in [1.807, 2.05) is 11.4 Å². The first-order valence-corrected chi connectivity index (χ1v) is 7.27. The normalized spacial score (nSPS) is 11.3. The predicted octanol–water partition coefficient (Wildman–Crippen LogP) is 3.75. The third-order valence-corrected chi connectivity index (χ3v) is 4.13. The van der Waals surface area contributed by atoms with Crippen molar-refractivity contribution in [3.05, 3.63) is 45.9 Å². The summed E-state index contributed by atoms with van der Waals surface area (Å²) in [6.07, 6.45) is 0. The lowest BCUT2D eigenvalue weighted by molar-refractivity contribution is 0.0698. The Balaban J connectivity index is 2.10. The fraction of sp³-hybridized carbons (Fsp3) is 0.333. The number of para-hydroxylation sites is 1. The summed E-state index contributed by atoms with van der Waals surface area (Å²) in [4.78, 5) is 15.7. The smallest absolute Gasteiger partial charge is 0.337 e. The maximum absolute atomic E-state index is 11.1. The molecule has 0 atom stereocenters. The lowest BCUT2D eigenvalue weighted by Gasteiger charge is -2.13. The third-order valence-electron chi connectivity index (χ3n) is 2.81. The van der Waals surface area contributed by atoms with Gasteiger partial charge in [-0.25, -0.2) is 9.78 Å². The molecule has 1 aromatic heterocycles. The number of carboxylic acids is 1. The number of thiazole rings is 1. The topological polar surface area (TPSA) is 62.2 Å². The van der Waals surface area contributed by atoms with Crippen LogP contribution < -0.4 is 5.32 Å². The number of hydrogen-bond donors (Lipinski definition) is 2. The fourth-order valence-electron chi connectivity index (χ4n) is 1.74. The number of carboxylic acid groups (broad SMARTS) is 1. The average molecular weight is 290 g/mol. The summed E-state index contributed by atoms with van der Waals surface area (Å²) in [6.45, 7) is 6.91.